The van der Waals surface area contributed by atoms with Crippen LogP contribution in [0.25, 0.3) is 0 Å². The maximum atomic E-state index is 12.9. The van der Waals surface area contributed by atoms with Crippen molar-refractivity contribution in [1.82, 2.24) is 0 Å². The Morgan fingerprint density at radius 3 is 2.42 bits per heavy atom. The van der Waals surface area contributed by atoms with E-state index in [1.54, 1.807) is 23.1 Å². The van der Waals surface area contributed by atoms with Crippen LogP contribution in [-0.2, 0) is 11.2 Å². The van der Waals surface area contributed by atoms with E-state index in [-0.39, 0.29) is 34.6 Å². The topological polar surface area (TPSA) is 111 Å². The van der Waals surface area contributed by atoms with E-state index in [2.05, 4.69) is 5.32 Å². The molecule has 1 heterocycles. The summed E-state index contributed by atoms with van der Waals surface area (Å²) < 4.78 is 10.3. The van der Waals surface area contributed by atoms with Gasteiger partial charge in [0.05, 0.1) is 25.2 Å². The SMILES string of the molecule is COc1cc(C(=O)Nc2ccc3c(c2)CCCN3C(=O)C(C)C)c([N+](=O)[O-])cc1OC. The van der Waals surface area contributed by atoms with E-state index in [9.17, 15) is 19.7 Å². The van der Waals surface area contributed by atoms with Gasteiger partial charge in [0, 0.05) is 29.9 Å². The molecular weight excluding hydrogens is 402 g/mol. The molecule has 3 rings (SSSR count). The lowest BCUT2D eigenvalue weighted by molar-refractivity contribution is -0.385. The molecule has 2 aromatic rings. The van der Waals surface area contributed by atoms with Crippen molar-refractivity contribution in [3.63, 3.8) is 0 Å². The van der Waals surface area contributed by atoms with Crippen molar-refractivity contribution in [1.29, 1.82) is 0 Å². The minimum absolute atomic E-state index is 0.0543. The number of nitro benzene ring substituents is 1. The molecule has 0 radical (unpaired) electrons. The van der Waals surface area contributed by atoms with Crippen molar-refractivity contribution in [3.05, 3.63) is 51.6 Å². The van der Waals surface area contributed by atoms with Gasteiger partial charge in [-0.1, -0.05) is 13.8 Å². The Morgan fingerprint density at radius 2 is 1.81 bits per heavy atom. The highest BCUT2D eigenvalue weighted by Gasteiger charge is 2.27. The summed E-state index contributed by atoms with van der Waals surface area (Å²) in [6.07, 6.45) is 1.60. The van der Waals surface area contributed by atoms with Crippen LogP contribution in [0.4, 0.5) is 17.1 Å². The molecule has 1 aliphatic rings. The number of anilines is 2. The lowest BCUT2D eigenvalue weighted by Crippen LogP contribution is -2.38. The zero-order valence-electron chi connectivity index (χ0n) is 17.9. The van der Waals surface area contributed by atoms with Crippen LogP contribution in [0.2, 0.25) is 0 Å². The van der Waals surface area contributed by atoms with Crippen molar-refractivity contribution in [3.8, 4) is 11.5 Å². The summed E-state index contributed by atoms with van der Waals surface area (Å²) in [6.45, 7) is 4.38. The summed E-state index contributed by atoms with van der Waals surface area (Å²) in [5.74, 6) is -0.325. The molecule has 9 heteroatoms. The largest absolute Gasteiger partial charge is 0.493 e. The van der Waals surface area contributed by atoms with E-state index < -0.39 is 10.8 Å². The van der Waals surface area contributed by atoms with Crippen LogP contribution in [0.1, 0.15) is 36.2 Å². The van der Waals surface area contributed by atoms with Gasteiger partial charge < -0.3 is 19.7 Å². The molecule has 9 nitrogen and oxygen atoms in total. The number of fused-ring (bicyclic) bond motifs is 1. The maximum Gasteiger partial charge on any atom is 0.286 e. The highest BCUT2D eigenvalue weighted by atomic mass is 16.6. The zero-order valence-corrected chi connectivity index (χ0v) is 17.9. The molecule has 0 aliphatic carbocycles. The molecule has 2 aromatic carbocycles. The van der Waals surface area contributed by atoms with Gasteiger partial charge in [-0.15, -0.1) is 0 Å². The molecule has 0 atom stereocenters. The minimum Gasteiger partial charge on any atom is -0.493 e. The third kappa shape index (κ3) is 4.45. The number of nitro groups is 1. The minimum atomic E-state index is -0.640. The second kappa shape index (κ2) is 9.03. The second-order valence-electron chi connectivity index (χ2n) is 7.53. The molecule has 31 heavy (non-hydrogen) atoms. The van der Waals surface area contributed by atoms with Gasteiger partial charge in [0.2, 0.25) is 5.91 Å². The van der Waals surface area contributed by atoms with Gasteiger partial charge in [-0.05, 0) is 36.6 Å². The number of carbonyl (C=O) groups is 2. The fourth-order valence-corrected chi connectivity index (χ4v) is 3.62. The molecule has 0 saturated heterocycles. The number of nitrogens with one attached hydrogen (secondary N) is 1. The summed E-state index contributed by atoms with van der Waals surface area (Å²) in [7, 11) is 2.75. The van der Waals surface area contributed by atoms with Gasteiger partial charge in [0.1, 0.15) is 5.56 Å². The molecule has 0 spiro atoms. The second-order valence-corrected chi connectivity index (χ2v) is 7.53. The standard InChI is InChI=1S/C22H25N3O6/c1-13(2)22(27)24-9-5-6-14-10-15(7-8-17(14)24)23-21(26)16-11-19(30-3)20(31-4)12-18(16)25(28)29/h7-8,10-13H,5-6,9H2,1-4H3,(H,23,26). The first kappa shape index (κ1) is 22.1. The number of amides is 2. The number of hydrogen-bond acceptors (Lipinski definition) is 6. The molecule has 1 aliphatic heterocycles. The number of aryl methyl sites for hydroxylation is 1. The highest BCUT2D eigenvalue weighted by molar-refractivity contribution is 6.08. The van der Waals surface area contributed by atoms with Crippen LogP contribution in [0.3, 0.4) is 0 Å². The summed E-state index contributed by atoms with van der Waals surface area (Å²) in [4.78, 5) is 38.0. The first-order chi connectivity index (χ1) is 14.8. The van der Waals surface area contributed by atoms with E-state index in [1.807, 2.05) is 13.8 Å². The molecule has 164 valence electrons. The number of hydrogen-bond donors (Lipinski definition) is 1. The number of nitrogens with zero attached hydrogens (tertiary/aromatic N) is 2. The monoisotopic (exact) mass is 427 g/mol. The van der Waals surface area contributed by atoms with Crippen LogP contribution in [0.15, 0.2) is 30.3 Å². The normalized spacial score (nSPS) is 12.9. The molecular formula is C22H25N3O6. The fourth-order valence-electron chi connectivity index (χ4n) is 3.62. The molecule has 0 saturated carbocycles. The van der Waals surface area contributed by atoms with E-state index in [4.69, 9.17) is 9.47 Å². The van der Waals surface area contributed by atoms with Gasteiger partial charge in [-0.3, -0.25) is 19.7 Å². The Morgan fingerprint density at radius 1 is 1.13 bits per heavy atom. The van der Waals surface area contributed by atoms with Crippen LogP contribution in [0, 0.1) is 16.0 Å². The van der Waals surface area contributed by atoms with E-state index in [0.29, 0.717) is 12.2 Å². The molecule has 0 aromatic heterocycles. The Balaban J connectivity index is 1.91. The Hall–Kier alpha value is -3.62. The van der Waals surface area contributed by atoms with Gasteiger partial charge in [-0.2, -0.15) is 0 Å². The molecule has 0 bridgehead atoms. The molecule has 1 N–H and O–H groups in total. The third-order valence-electron chi connectivity index (χ3n) is 5.16. The van der Waals surface area contributed by atoms with Gasteiger partial charge in [-0.25, -0.2) is 0 Å². The summed E-state index contributed by atoms with van der Waals surface area (Å²) in [5.41, 5.74) is 1.74. The van der Waals surface area contributed by atoms with Crippen LogP contribution in [0.5, 0.6) is 11.5 Å². The van der Waals surface area contributed by atoms with Crippen molar-refractivity contribution in [2.75, 3.05) is 31.0 Å². The maximum absolute atomic E-state index is 12.9. The van der Waals surface area contributed by atoms with Crippen LogP contribution in [-0.4, -0.2) is 37.5 Å². The smallest absolute Gasteiger partial charge is 0.286 e. The number of ether oxygens (including phenoxy) is 2. The van der Waals surface area contributed by atoms with Gasteiger partial charge in [0.15, 0.2) is 11.5 Å². The number of methoxy groups -OCH3 is 2. The lowest BCUT2D eigenvalue weighted by Gasteiger charge is -2.31. The van der Waals surface area contributed by atoms with E-state index in [1.165, 1.54) is 20.3 Å². The predicted molar refractivity (Wildman–Crippen MR) is 116 cm³/mol. The predicted octanol–water partition coefficient (Wildman–Crippen LogP) is 3.80. The molecule has 0 unspecified atom stereocenters. The average Bonchev–Trinajstić information content (AvgIpc) is 2.76. The average molecular weight is 427 g/mol. The van der Waals surface area contributed by atoms with E-state index in [0.717, 1.165) is 30.2 Å². The number of rotatable bonds is 6. The molecule has 0 fully saturated rings. The Labute approximate surface area is 180 Å². The first-order valence-electron chi connectivity index (χ1n) is 9.92. The number of carbonyl (C=O) groups excluding carboxylic acids is 2. The summed E-state index contributed by atoms with van der Waals surface area (Å²) in [6, 6.07) is 7.74. The third-order valence-corrected chi connectivity index (χ3v) is 5.16. The van der Waals surface area contributed by atoms with Crippen LogP contribution >= 0.6 is 0 Å². The summed E-state index contributed by atoms with van der Waals surface area (Å²) >= 11 is 0. The van der Waals surface area contributed by atoms with Crippen molar-refractivity contribution >= 4 is 28.9 Å². The van der Waals surface area contributed by atoms with Crippen molar-refractivity contribution in [2.24, 2.45) is 5.92 Å². The fraction of sp³-hybridized carbons (Fsp3) is 0.364. The molecule has 2 amide bonds. The zero-order chi connectivity index (χ0) is 22.7. The van der Waals surface area contributed by atoms with Crippen LogP contribution < -0.4 is 19.7 Å². The highest BCUT2D eigenvalue weighted by Crippen LogP contribution is 2.35. The lowest BCUT2D eigenvalue weighted by atomic mass is 9.99. The quantitative estimate of drug-likeness (QED) is 0.554. The van der Waals surface area contributed by atoms with Crippen molar-refractivity contribution in [2.45, 2.75) is 26.7 Å². The number of benzene rings is 2. The van der Waals surface area contributed by atoms with Gasteiger partial charge in [0.25, 0.3) is 11.6 Å². The van der Waals surface area contributed by atoms with Gasteiger partial charge >= 0.3 is 0 Å². The first-order valence-corrected chi connectivity index (χ1v) is 9.92. The Bertz CT molecular complexity index is 1030. The Kier molecular flexibility index (Phi) is 6.43. The van der Waals surface area contributed by atoms with E-state index >= 15 is 0 Å². The summed E-state index contributed by atoms with van der Waals surface area (Å²) in [5, 5.41) is 14.2. The van der Waals surface area contributed by atoms with Crippen molar-refractivity contribution < 1.29 is 24.0 Å².